The number of benzene rings is 1. The van der Waals surface area contributed by atoms with Gasteiger partial charge in [0.2, 0.25) is 5.91 Å². The molecule has 2 aliphatic rings. The third-order valence-electron chi connectivity index (χ3n) is 5.53. The van der Waals surface area contributed by atoms with Crippen molar-refractivity contribution in [2.75, 3.05) is 61.0 Å². The number of piperazine rings is 2. The maximum atomic E-state index is 14.1. The van der Waals surface area contributed by atoms with Gasteiger partial charge in [-0.05, 0) is 19.1 Å². The molecular formula is C20H25FN6O. The predicted octanol–water partition coefficient (Wildman–Crippen LogP) is 1.61. The van der Waals surface area contributed by atoms with Crippen LogP contribution in [0.15, 0.2) is 36.7 Å². The Balaban J connectivity index is 1.48. The van der Waals surface area contributed by atoms with Crippen molar-refractivity contribution in [1.29, 1.82) is 0 Å². The average molecular weight is 384 g/mol. The van der Waals surface area contributed by atoms with Crippen LogP contribution in [-0.4, -0.2) is 73.1 Å². The van der Waals surface area contributed by atoms with Crippen molar-refractivity contribution in [3.8, 4) is 0 Å². The highest BCUT2D eigenvalue weighted by Crippen LogP contribution is 2.26. The lowest BCUT2D eigenvalue weighted by Gasteiger charge is -2.42. The summed E-state index contributed by atoms with van der Waals surface area (Å²) in [6.45, 7) is 6.08. The zero-order valence-electron chi connectivity index (χ0n) is 16.3. The number of nitrogens with zero attached hydrogens (tertiary/aromatic N) is 6. The molecular weight excluding hydrogens is 359 g/mol. The molecule has 4 rings (SSSR count). The maximum absolute atomic E-state index is 14.1. The first kappa shape index (κ1) is 18.5. The van der Waals surface area contributed by atoms with E-state index in [9.17, 15) is 9.18 Å². The second-order valence-corrected chi connectivity index (χ2v) is 7.41. The third kappa shape index (κ3) is 3.58. The molecule has 1 amide bonds. The highest BCUT2D eigenvalue weighted by Gasteiger charge is 2.27. The van der Waals surface area contributed by atoms with Crippen LogP contribution in [0, 0.1) is 5.82 Å². The van der Waals surface area contributed by atoms with Gasteiger partial charge in [0.1, 0.15) is 23.8 Å². The summed E-state index contributed by atoms with van der Waals surface area (Å²) < 4.78 is 14.1. The fraction of sp³-hybridized carbons (Fsp3) is 0.450. The monoisotopic (exact) mass is 384 g/mol. The Morgan fingerprint density at radius 1 is 1.04 bits per heavy atom. The lowest BCUT2D eigenvalue weighted by Crippen LogP contribution is -2.53. The number of carbonyl (C=O) groups is 1. The molecule has 0 saturated carbocycles. The standard InChI is InChI=1S/C20H25FN6O/c1-15-12-25(17-6-4-3-5-16(17)21)9-10-27(15)19-11-18(22-14-23-19)26-8-7-24(2)20(28)13-26/h3-6,11,14-15H,7-10,12-13H2,1-2H3. The Morgan fingerprint density at radius 3 is 2.54 bits per heavy atom. The summed E-state index contributed by atoms with van der Waals surface area (Å²) >= 11 is 0. The summed E-state index contributed by atoms with van der Waals surface area (Å²) in [5, 5.41) is 0. The molecule has 2 aliphatic heterocycles. The van der Waals surface area contributed by atoms with Gasteiger partial charge < -0.3 is 19.6 Å². The second-order valence-electron chi connectivity index (χ2n) is 7.41. The molecule has 3 heterocycles. The predicted molar refractivity (Wildman–Crippen MR) is 107 cm³/mol. The number of aromatic nitrogens is 2. The molecule has 0 bridgehead atoms. The van der Waals surface area contributed by atoms with E-state index in [1.54, 1.807) is 17.3 Å². The Labute approximate surface area is 164 Å². The lowest BCUT2D eigenvalue weighted by molar-refractivity contribution is -0.129. The number of rotatable bonds is 3. The summed E-state index contributed by atoms with van der Waals surface area (Å²) in [4.78, 5) is 28.9. The van der Waals surface area contributed by atoms with Crippen molar-refractivity contribution < 1.29 is 9.18 Å². The normalized spacial score (nSPS) is 20.7. The van der Waals surface area contributed by atoms with E-state index in [0.717, 1.165) is 31.3 Å². The van der Waals surface area contributed by atoms with Crippen LogP contribution >= 0.6 is 0 Å². The van der Waals surface area contributed by atoms with Crippen molar-refractivity contribution in [1.82, 2.24) is 14.9 Å². The van der Waals surface area contributed by atoms with E-state index in [0.29, 0.717) is 25.3 Å². The van der Waals surface area contributed by atoms with E-state index in [4.69, 9.17) is 0 Å². The maximum Gasteiger partial charge on any atom is 0.241 e. The van der Waals surface area contributed by atoms with E-state index < -0.39 is 0 Å². The molecule has 1 atom stereocenters. The Morgan fingerprint density at radius 2 is 1.79 bits per heavy atom. The van der Waals surface area contributed by atoms with Gasteiger partial charge in [-0.15, -0.1) is 0 Å². The smallest absolute Gasteiger partial charge is 0.241 e. The first-order chi connectivity index (χ1) is 13.5. The van der Waals surface area contributed by atoms with Crippen LogP contribution in [0.2, 0.25) is 0 Å². The van der Waals surface area contributed by atoms with Gasteiger partial charge in [-0.2, -0.15) is 0 Å². The molecule has 0 aliphatic carbocycles. The summed E-state index contributed by atoms with van der Waals surface area (Å²) in [7, 11) is 1.82. The minimum atomic E-state index is -0.188. The number of para-hydroxylation sites is 1. The first-order valence-corrected chi connectivity index (χ1v) is 9.60. The van der Waals surface area contributed by atoms with E-state index in [1.807, 2.05) is 30.1 Å². The fourth-order valence-electron chi connectivity index (χ4n) is 3.85. The fourth-order valence-corrected chi connectivity index (χ4v) is 3.85. The van der Waals surface area contributed by atoms with Gasteiger partial charge in [-0.1, -0.05) is 12.1 Å². The third-order valence-corrected chi connectivity index (χ3v) is 5.53. The van der Waals surface area contributed by atoms with E-state index in [2.05, 4.69) is 26.7 Å². The highest BCUT2D eigenvalue weighted by atomic mass is 19.1. The summed E-state index contributed by atoms with van der Waals surface area (Å²) in [6.07, 6.45) is 1.56. The van der Waals surface area contributed by atoms with Crippen molar-refractivity contribution in [2.45, 2.75) is 13.0 Å². The average Bonchev–Trinajstić information content (AvgIpc) is 2.70. The van der Waals surface area contributed by atoms with Crippen LogP contribution < -0.4 is 14.7 Å². The van der Waals surface area contributed by atoms with Gasteiger partial charge in [0.15, 0.2) is 0 Å². The summed E-state index contributed by atoms with van der Waals surface area (Å²) in [6, 6.07) is 9.03. The molecule has 7 nitrogen and oxygen atoms in total. The number of carbonyl (C=O) groups excluding carboxylic acids is 1. The van der Waals surface area contributed by atoms with Crippen molar-refractivity contribution in [3.05, 3.63) is 42.5 Å². The summed E-state index contributed by atoms with van der Waals surface area (Å²) in [5.41, 5.74) is 0.647. The number of hydrogen-bond donors (Lipinski definition) is 0. The molecule has 1 aromatic carbocycles. The van der Waals surface area contributed by atoms with Crippen LogP contribution in [0.5, 0.6) is 0 Å². The minimum absolute atomic E-state index is 0.0956. The molecule has 1 unspecified atom stereocenters. The largest absolute Gasteiger partial charge is 0.365 e. The number of amides is 1. The Hall–Kier alpha value is -2.90. The molecule has 0 radical (unpaired) electrons. The second kappa shape index (κ2) is 7.61. The highest BCUT2D eigenvalue weighted by molar-refractivity contribution is 5.82. The minimum Gasteiger partial charge on any atom is -0.365 e. The first-order valence-electron chi connectivity index (χ1n) is 9.60. The number of halogens is 1. The molecule has 2 fully saturated rings. The Kier molecular flexibility index (Phi) is 5.02. The zero-order chi connectivity index (χ0) is 19.7. The molecule has 0 spiro atoms. The molecule has 2 aromatic rings. The van der Waals surface area contributed by atoms with E-state index >= 15 is 0 Å². The van der Waals surface area contributed by atoms with Gasteiger partial charge in [0.05, 0.1) is 12.2 Å². The molecule has 28 heavy (non-hydrogen) atoms. The SMILES string of the molecule is CC1CN(c2ccccc2F)CCN1c1cc(N2CCN(C)C(=O)C2)ncn1. The van der Waals surface area contributed by atoms with Gasteiger partial charge >= 0.3 is 0 Å². The Bertz CT molecular complexity index is 862. The molecule has 0 N–H and O–H groups in total. The quantitative estimate of drug-likeness (QED) is 0.802. The lowest BCUT2D eigenvalue weighted by atomic mass is 10.1. The number of hydrogen-bond acceptors (Lipinski definition) is 6. The molecule has 1 aromatic heterocycles. The van der Waals surface area contributed by atoms with Crippen molar-refractivity contribution in [2.24, 2.45) is 0 Å². The van der Waals surface area contributed by atoms with Crippen LogP contribution in [0.1, 0.15) is 6.92 Å². The van der Waals surface area contributed by atoms with Crippen LogP contribution in [0.25, 0.3) is 0 Å². The van der Waals surface area contributed by atoms with Crippen molar-refractivity contribution in [3.63, 3.8) is 0 Å². The summed E-state index contributed by atoms with van der Waals surface area (Å²) in [5.74, 6) is 1.53. The van der Waals surface area contributed by atoms with Gasteiger partial charge in [-0.25, -0.2) is 14.4 Å². The molecule has 148 valence electrons. The molecule has 8 heteroatoms. The van der Waals surface area contributed by atoms with Crippen LogP contribution in [0.4, 0.5) is 21.7 Å². The van der Waals surface area contributed by atoms with Gasteiger partial charge in [0, 0.05) is 51.9 Å². The van der Waals surface area contributed by atoms with E-state index in [-0.39, 0.29) is 17.8 Å². The molecule has 2 saturated heterocycles. The van der Waals surface area contributed by atoms with E-state index in [1.165, 1.54) is 6.07 Å². The van der Waals surface area contributed by atoms with Crippen LogP contribution in [-0.2, 0) is 4.79 Å². The van der Waals surface area contributed by atoms with Crippen molar-refractivity contribution >= 4 is 23.2 Å². The number of anilines is 3. The van der Waals surface area contributed by atoms with Gasteiger partial charge in [-0.3, -0.25) is 4.79 Å². The zero-order valence-corrected chi connectivity index (χ0v) is 16.3. The topological polar surface area (TPSA) is 55.8 Å². The number of likely N-dealkylation sites (N-methyl/N-ethyl adjacent to an activating group) is 1. The van der Waals surface area contributed by atoms with Crippen LogP contribution in [0.3, 0.4) is 0 Å². The van der Waals surface area contributed by atoms with Gasteiger partial charge in [0.25, 0.3) is 0 Å².